The van der Waals surface area contributed by atoms with E-state index in [1.807, 2.05) is 61.5 Å². The smallest absolute Gasteiger partial charge is 0.330 e. The van der Waals surface area contributed by atoms with Crippen LogP contribution in [0.1, 0.15) is 36.1 Å². The molecule has 1 atom stereocenters. The van der Waals surface area contributed by atoms with E-state index in [2.05, 4.69) is 10.3 Å². The Bertz CT molecular complexity index is 1320. The summed E-state index contributed by atoms with van der Waals surface area (Å²) in [6, 6.07) is 16.0. The first-order valence-electron chi connectivity index (χ1n) is 11.5. The lowest BCUT2D eigenvalue weighted by molar-refractivity contribution is -0.121. The number of ether oxygens (including phenoxy) is 1. The van der Waals surface area contributed by atoms with Gasteiger partial charge in [-0.3, -0.25) is 28.8 Å². The summed E-state index contributed by atoms with van der Waals surface area (Å²) in [7, 11) is 1.48. The molecule has 3 rings (SSSR count). The van der Waals surface area contributed by atoms with E-state index < -0.39 is 23.2 Å². The zero-order valence-electron chi connectivity index (χ0n) is 20.6. The van der Waals surface area contributed by atoms with Crippen LogP contribution in [-0.4, -0.2) is 35.1 Å². The third-order valence-electron chi connectivity index (χ3n) is 5.72. The van der Waals surface area contributed by atoms with Crippen molar-refractivity contribution in [2.75, 3.05) is 24.4 Å². The molecule has 0 saturated carbocycles. The SMILES string of the molecule is COCCn1c(N)c(N(Cc2ccccc2)C(=O)CC(NC(C)=O)c2ccc(C)cc2)c(=O)[nH]c1=O. The van der Waals surface area contributed by atoms with Crippen LogP contribution in [0.4, 0.5) is 11.5 Å². The number of hydrogen-bond donors (Lipinski definition) is 3. The average Bonchev–Trinajstić information content (AvgIpc) is 2.83. The lowest BCUT2D eigenvalue weighted by Gasteiger charge is -2.27. The van der Waals surface area contributed by atoms with Crippen molar-refractivity contribution in [1.29, 1.82) is 0 Å². The number of aromatic amines is 1. The van der Waals surface area contributed by atoms with Gasteiger partial charge in [0.05, 0.1) is 32.2 Å². The van der Waals surface area contributed by atoms with Gasteiger partial charge in [0, 0.05) is 14.0 Å². The number of nitrogens with zero attached hydrogens (tertiary/aromatic N) is 2. The number of carbonyl (C=O) groups excluding carboxylic acids is 2. The number of nitrogens with two attached hydrogens (primary N) is 1. The third-order valence-corrected chi connectivity index (χ3v) is 5.72. The molecule has 0 bridgehead atoms. The Morgan fingerprint density at radius 3 is 2.39 bits per heavy atom. The second-order valence-electron chi connectivity index (χ2n) is 8.47. The number of amides is 2. The van der Waals surface area contributed by atoms with E-state index >= 15 is 0 Å². The van der Waals surface area contributed by atoms with E-state index in [0.29, 0.717) is 0 Å². The zero-order chi connectivity index (χ0) is 26.2. The first-order valence-corrected chi connectivity index (χ1v) is 11.5. The van der Waals surface area contributed by atoms with Gasteiger partial charge in [-0.05, 0) is 18.1 Å². The molecule has 36 heavy (non-hydrogen) atoms. The van der Waals surface area contributed by atoms with Crippen LogP contribution in [0.3, 0.4) is 0 Å². The Morgan fingerprint density at radius 1 is 1.11 bits per heavy atom. The molecular formula is C26H31N5O5. The van der Waals surface area contributed by atoms with Crippen LogP contribution in [0.15, 0.2) is 64.2 Å². The Labute approximate surface area is 208 Å². The van der Waals surface area contributed by atoms with Crippen LogP contribution in [0.25, 0.3) is 0 Å². The van der Waals surface area contributed by atoms with Gasteiger partial charge in [-0.15, -0.1) is 0 Å². The maximum atomic E-state index is 13.7. The van der Waals surface area contributed by atoms with Crippen LogP contribution in [0, 0.1) is 6.92 Å². The molecule has 10 nitrogen and oxygen atoms in total. The van der Waals surface area contributed by atoms with E-state index in [0.717, 1.165) is 21.3 Å². The van der Waals surface area contributed by atoms with Crippen LogP contribution in [0.2, 0.25) is 0 Å². The Kier molecular flexibility index (Phi) is 8.80. The summed E-state index contributed by atoms with van der Waals surface area (Å²) >= 11 is 0. The number of anilines is 2. The van der Waals surface area contributed by atoms with Gasteiger partial charge in [-0.1, -0.05) is 60.2 Å². The minimum Gasteiger partial charge on any atom is -0.383 e. The fourth-order valence-corrected chi connectivity index (χ4v) is 3.88. The highest BCUT2D eigenvalue weighted by molar-refractivity contribution is 5.96. The molecule has 0 saturated heterocycles. The first kappa shape index (κ1) is 26.4. The fourth-order valence-electron chi connectivity index (χ4n) is 3.88. The third kappa shape index (κ3) is 6.48. The number of nitrogens with one attached hydrogen (secondary N) is 2. The van der Waals surface area contributed by atoms with Crippen LogP contribution in [-0.2, 0) is 27.4 Å². The Balaban J connectivity index is 2.07. The normalized spacial score (nSPS) is 11.6. The number of benzene rings is 2. The van der Waals surface area contributed by atoms with E-state index in [1.165, 1.54) is 18.9 Å². The van der Waals surface area contributed by atoms with E-state index in [1.54, 1.807) is 0 Å². The Hall–Kier alpha value is -4.18. The quantitative estimate of drug-likeness (QED) is 0.394. The van der Waals surface area contributed by atoms with Gasteiger partial charge in [0.1, 0.15) is 5.82 Å². The number of methoxy groups -OCH3 is 1. The molecule has 0 spiro atoms. The van der Waals surface area contributed by atoms with Crippen LogP contribution >= 0.6 is 0 Å². The summed E-state index contributed by atoms with van der Waals surface area (Å²) in [6.07, 6.45) is -0.133. The summed E-state index contributed by atoms with van der Waals surface area (Å²) in [6.45, 7) is 3.63. The largest absolute Gasteiger partial charge is 0.383 e. The topological polar surface area (TPSA) is 140 Å². The van der Waals surface area contributed by atoms with E-state index in [-0.39, 0.29) is 43.5 Å². The summed E-state index contributed by atoms with van der Waals surface area (Å²) < 4.78 is 6.21. The molecule has 1 heterocycles. The number of hydrogen-bond acceptors (Lipinski definition) is 6. The molecular weight excluding hydrogens is 462 g/mol. The molecule has 0 aliphatic rings. The molecule has 2 amide bonds. The molecule has 1 aromatic heterocycles. The number of aryl methyl sites for hydroxylation is 1. The van der Waals surface area contributed by atoms with Crippen molar-refractivity contribution in [3.05, 3.63) is 92.1 Å². The monoisotopic (exact) mass is 493 g/mol. The minimum atomic E-state index is -0.776. The van der Waals surface area contributed by atoms with Crippen molar-refractivity contribution in [2.45, 2.75) is 39.4 Å². The van der Waals surface area contributed by atoms with E-state index in [9.17, 15) is 19.2 Å². The predicted octanol–water partition coefficient (Wildman–Crippen LogP) is 1.87. The van der Waals surface area contributed by atoms with Gasteiger partial charge in [-0.2, -0.15) is 0 Å². The van der Waals surface area contributed by atoms with Crippen molar-refractivity contribution < 1.29 is 14.3 Å². The van der Waals surface area contributed by atoms with Crippen molar-refractivity contribution in [1.82, 2.24) is 14.9 Å². The zero-order valence-corrected chi connectivity index (χ0v) is 20.6. The maximum absolute atomic E-state index is 13.7. The summed E-state index contributed by atoms with van der Waals surface area (Å²) in [5.74, 6) is -0.891. The molecule has 0 aliphatic heterocycles. The number of rotatable bonds is 10. The Morgan fingerprint density at radius 2 is 1.78 bits per heavy atom. The summed E-state index contributed by atoms with van der Waals surface area (Å²) in [5.41, 5.74) is 7.22. The summed E-state index contributed by atoms with van der Waals surface area (Å²) in [5, 5.41) is 2.82. The standard InChI is InChI=1S/C26H31N5O5/c1-17-9-11-20(12-10-17)21(28-18(2)32)15-22(33)31(16-19-7-5-4-6-8-19)23-24(27)30(13-14-36-3)26(35)29-25(23)34/h4-12,21H,13-16,27H2,1-3H3,(H,28,32)(H,29,34,35). The second-order valence-corrected chi connectivity index (χ2v) is 8.47. The van der Waals surface area contributed by atoms with Gasteiger partial charge in [0.25, 0.3) is 5.56 Å². The van der Waals surface area contributed by atoms with Gasteiger partial charge in [-0.25, -0.2) is 4.79 Å². The molecule has 190 valence electrons. The molecule has 0 aliphatic carbocycles. The highest BCUT2D eigenvalue weighted by atomic mass is 16.5. The molecule has 4 N–H and O–H groups in total. The summed E-state index contributed by atoms with van der Waals surface area (Å²) in [4.78, 5) is 54.6. The predicted molar refractivity (Wildman–Crippen MR) is 138 cm³/mol. The van der Waals surface area contributed by atoms with Crippen molar-refractivity contribution in [2.24, 2.45) is 0 Å². The van der Waals surface area contributed by atoms with Gasteiger partial charge >= 0.3 is 5.69 Å². The lowest BCUT2D eigenvalue weighted by Crippen LogP contribution is -2.42. The number of nitrogen functional groups attached to an aromatic ring is 1. The van der Waals surface area contributed by atoms with Crippen LogP contribution < -0.4 is 27.2 Å². The van der Waals surface area contributed by atoms with Crippen molar-refractivity contribution in [3.63, 3.8) is 0 Å². The number of carbonyl (C=O) groups is 2. The number of aromatic nitrogens is 2. The molecule has 3 aromatic rings. The van der Waals surface area contributed by atoms with E-state index in [4.69, 9.17) is 10.5 Å². The van der Waals surface area contributed by atoms with Crippen molar-refractivity contribution >= 4 is 23.3 Å². The maximum Gasteiger partial charge on any atom is 0.330 e. The highest BCUT2D eigenvalue weighted by Crippen LogP contribution is 2.24. The van der Waals surface area contributed by atoms with Gasteiger partial charge in [0.2, 0.25) is 11.8 Å². The molecule has 2 aromatic carbocycles. The minimum absolute atomic E-state index is 0.0378. The highest BCUT2D eigenvalue weighted by Gasteiger charge is 2.27. The van der Waals surface area contributed by atoms with Gasteiger partial charge in [0.15, 0.2) is 5.69 Å². The molecule has 0 radical (unpaired) electrons. The average molecular weight is 494 g/mol. The van der Waals surface area contributed by atoms with Gasteiger partial charge < -0.3 is 15.8 Å². The fraction of sp³-hybridized carbons (Fsp3) is 0.308. The lowest BCUT2D eigenvalue weighted by atomic mass is 10.0. The molecule has 1 unspecified atom stereocenters. The van der Waals surface area contributed by atoms with Crippen molar-refractivity contribution in [3.8, 4) is 0 Å². The molecule has 0 fully saturated rings. The second kappa shape index (κ2) is 12.0. The number of H-pyrrole nitrogens is 1. The molecule has 10 heteroatoms. The first-order chi connectivity index (χ1) is 17.2. The van der Waals surface area contributed by atoms with Crippen LogP contribution in [0.5, 0.6) is 0 Å².